The lowest BCUT2D eigenvalue weighted by atomic mass is 9.93. The summed E-state index contributed by atoms with van der Waals surface area (Å²) in [6.07, 6.45) is 6.21. The molecule has 0 radical (unpaired) electrons. The number of aromatic nitrogens is 3. The van der Waals surface area contributed by atoms with Crippen molar-refractivity contribution in [2.24, 2.45) is 11.8 Å². The number of hydrogen-bond donors (Lipinski definition) is 2. The Hall–Kier alpha value is -1.96. The molecule has 27 heavy (non-hydrogen) atoms. The molecule has 1 aromatic heterocycles. The molecule has 0 aromatic carbocycles. The quantitative estimate of drug-likeness (QED) is 0.797. The van der Waals surface area contributed by atoms with Crippen LogP contribution in [0.25, 0.3) is 0 Å². The average Bonchev–Trinajstić information content (AvgIpc) is 3.47. The number of nitrogens with one attached hydrogen (secondary N) is 2. The molecule has 0 spiro atoms. The Morgan fingerprint density at radius 3 is 2.56 bits per heavy atom. The first-order chi connectivity index (χ1) is 13.1. The van der Waals surface area contributed by atoms with Crippen molar-refractivity contribution >= 4 is 11.8 Å². The molecular formula is C19H30N6O2. The number of carbonyl (C=O) groups excluding carboxylic acids is 2. The number of nitrogens with zero attached hydrogens (tertiary/aromatic N) is 4. The van der Waals surface area contributed by atoms with E-state index >= 15 is 0 Å². The lowest BCUT2D eigenvalue weighted by molar-refractivity contribution is -0.134. The number of likely N-dealkylation sites (tertiary alicyclic amines) is 2. The van der Waals surface area contributed by atoms with Gasteiger partial charge in [-0.1, -0.05) is 0 Å². The van der Waals surface area contributed by atoms with Crippen LogP contribution < -0.4 is 5.32 Å². The van der Waals surface area contributed by atoms with Crippen molar-refractivity contribution in [1.82, 2.24) is 30.3 Å². The van der Waals surface area contributed by atoms with Crippen molar-refractivity contribution in [2.75, 3.05) is 26.2 Å². The van der Waals surface area contributed by atoms with Gasteiger partial charge in [-0.15, -0.1) is 0 Å². The van der Waals surface area contributed by atoms with Crippen LogP contribution in [0.5, 0.6) is 0 Å². The summed E-state index contributed by atoms with van der Waals surface area (Å²) in [5, 5.41) is 9.84. The second-order valence-electron chi connectivity index (χ2n) is 8.22. The van der Waals surface area contributed by atoms with Gasteiger partial charge >= 0.3 is 0 Å². The Morgan fingerprint density at radius 2 is 1.89 bits per heavy atom. The van der Waals surface area contributed by atoms with Gasteiger partial charge in [-0.05, 0) is 52.0 Å². The summed E-state index contributed by atoms with van der Waals surface area (Å²) in [5.74, 6) is 2.20. The summed E-state index contributed by atoms with van der Waals surface area (Å²) < 4.78 is 0. The predicted molar refractivity (Wildman–Crippen MR) is 99.6 cm³/mol. The fraction of sp³-hybridized carbons (Fsp3) is 0.789. The molecule has 1 aliphatic carbocycles. The maximum atomic E-state index is 12.6. The maximum Gasteiger partial charge on any atom is 0.225 e. The predicted octanol–water partition coefficient (Wildman–Crippen LogP) is 0.842. The molecule has 2 N–H and O–H groups in total. The van der Waals surface area contributed by atoms with E-state index in [4.69, 9.17) is 0 Å². The first-order valence-corrected chi connectivity index (χ1v) is 10.3. The van der Waals surface area contributed by atoms with Crippen molar-refractivity contribution in [2.45, 2.75) is 58.0 Å². The number of carbonyl (C=O) groups is 2. The summed E-state index contributed by atoms with van der Waals surface area (Å²) >= 11 is 0. The minimum Gasteiger partial charge on any atom is -0.348 e. The maximum absolute atomic E-state index is 12.6. The summed E-state index contributed by atoms with van der Waals surface area (Å²) in [4.78, 5) is 33.6. The van der Waals surface area contributed by atoms with E-state index in [1.165, 1.54) is 0 Å². The van der Waals surface area contributed by atoms with Crippen LogP contribution in [0, 0.1) is 18.8 Å². The fourth-order valence-electron chi connectivity index (χ4n) is 4.37. The molecule has 1 saturated carbocycles. The normalized spacial score (nSPS) is 24.8. The Balaban J connectivity index is 1.24. The van der Waals surface area contributed by atoms with Gasteiger partial charge in [0.2, 0.25) is 11.8 Å². The highest BCUT2D eigenvalue weighted by molar-refractivity contribution is 5.81. The smallest absolute Gasteiger partial charge is 0.225 e. The van der Waals surface area contributed by atoms with Gasteiger partial charge in [0, 0.05) is 31.6 Å². The number of H-pyrrole nitrogens is 1. The zero-order valence-corrected chi connectivity index (χ0v) is 16.1. The summed E-state index contributed by atoms with van der Waals surface area (Å²) in [5.41, 5.74) is 0. The van der Waals surface area contributed by atoms with Crippen LogP contribution in [-0.4, -0.2) is 69.0 Å². The lowest BCUT2D eigenvalue weighted by Crippen LogP contribution is -2.51. The third-order valence-corrected chi connectivity index (χ3v) is 6.11. The van der Waals surface area contributed by atoms with Gasteiger partial charge in [-0.2, -0.15) is 5.10 Å². The Morgan fingerprint density at radius 1 is 1.11 bits per heavy atom. The second-order valence-corrected chi connectivity index (χ2v) is 8.22. The molecule has 1 atom stereocenters. The van der Waals surface area contributed by atoms with Crippen LogP contribution in [0.15, 0.2) is 0 Å². The molecule has 2 saturated heterocycles. The molecule has 8 nitrogen and oxygen atoms in total. The third kappa shape index (κ3) is 4.48. The summed E-state index contributed by atoms with van der Waals surface area (Å²) in [7, 11) is 0. The van der Waals surface area contributed by atoms with E-state index in [9.17, 15) is 9.59 Å². The molecule has 0 bridgehead atoms. The minimum absolute atomic E-state index is 0.0323. The van der Waals surface area contributed by atoms with Crippen molar-refractivity contribution < 1.29 is 9.59 Å². The van der Waals surface area contributed by atoms with Crippen molar-refractivity contribution in [1.29, 1.82) is 0 Å². The first-order valence-electron chi connectivity index (χ1n) is 10.3. The van der Waals surface area contributed by atoms with Gasteiger partial charge in [0.05, 0.1) is 12.5 Å². The molecule has 2 amide bonds. The molecule has 148 valence electrons. The molecule has 1 aromatic rings. The van der Waals surface area contributed by atoms with E-state index < -0.39 is 0 Å². The van der Waals surface area contributed by atoms with Crippen molar-refractivity contribution in [3.05, 3.63) is 11.6 Å². The number of piperidine rings is 2. The Labute approximate surface area is 160 Å². The van der Waals surface area contributed by atoms with Gasteiger partial charge in [0.1, 0.15) is 5.82 Å². The van der Waals surface area contributed by atoms with E-state index in [0.29, 0.717) is 30.2 Å². The minimum atomic E-state index is 0.0323. The van der Waals surface area contributed by atoms with Crippen LogP contribution >= 0.6 is 0 Å². The monoisotopic (exact) mass is 374 g/mol. The van der Waals surface area contributed by atoms with Crippen LogP contribution in [0.2, 0.25) is 0 Å². The van der Waals surface area contributed by atoms with Crippen molar-refractivity contribution in [3.63, 3.8) is 0 Å². The summed E-state index contributed by atoms with van der Waals surface area (Å²) in [6.45, 7) is 5.85. The fourth-order valence-corrected chi connectivity index (χ4v) is 4.37. The topological polar surface area (TPSA) is 94.2 Å². The first kappa shape index (κ1) is 18.4. The van der Waals surface area contributed by atoms with E-state index in [1.54, 1.807) is 0 Å². The molecule has 4 rings (SSSR count). The van der Waals surface area contributed by atoms with E-state index in [1.807, 2.05) is 6.92 Å². The molecule has 1 unspecified atom stereocenters. The van der Waals surface area contributed by atoms with Crippen LogP contribution in [0.4, 0.5) is 0 Å². The molecule has 8 heteroatoms. The number of rotatable bonds is 5. The number of amides is 2. The second kappa shape index (κ2) is 7.96. The SMILES string of the molecule is Cc1nc(CNC(=O)C2CCCN(C3CCN(C(=O)C4CC4)CC3)C2)n[nH]1. The molecule has 2 aliphatic heterocycles. The molecule has 3 heterocycles. The standard InChI is InChI=1S/C19H30N6O2/c1-13-21-17(23-22-13)11-20-18(26)15-3-2-8-25(12-15)16-6-9-24(10-7-16)19(27)14-4-5-14/h14-16H,2-12H2,1H3,(H,20,26)(H,21,22,23). The van der Waals surface area contributed by atoms with Crippen LogP contribution in [-0.2, 0) is 16.1 Å². The number of hydrogen-bond acceptors (Lipinski definition) is 5. The number of aromatic amines is 1. The van der Waals surface area contributed by atoms with Crippen LogP contribution in [0.3, 0.4) is 0 Å². The molecular weight excluding hydrogens is 344 g/mol. The largest absolute Gasteiger partial charge is 0.348 e. The van der Waals surface area contributed by atoms with Gasteiger partial charge in [0.25, 0.3) is 0 Å². The van der Waals surface area contributed by atoms with Gasteiger partial charge in [-0.3, -0.25) is 19.6 Å². The van der Waals surface area contributed by atoms with Gasteiger partial charge in [0.15, 0.2) is 5.82 Å². The zero-order chi connectivity index (χ0) is 18.8. The Kier molecular flexibility index (Phi) is 5.43. The highest BCUT2D eigenvalue weighted by Crippen LogP contribution is 2.32. The highest BCUT2D eigenvalue weighted by Gasteiger charge is 2.37. The third-order valence-electron chi connectivity index (χ3n) is 6.11. The van der Waals surface area contributed by atoms with Crippen LogP contribution in [0.1, 0.15) is 50.2 Å². The van der Waals surface area contributed by atoms with E-state index in [0.717, 1.165) is 70.5 Å². The van der Waals surface area contributed by atoms with E-state index in [2.05, 4.69) is 30.3 Å². The van der Waals surface area contributed by atoms with Crippen molar-refractivity contribution in [3.8, 4) is 0 Å². The van der Waals surface area contributed by atoms with E-state index in [-0.39, 0.29) is 11.8 Å². The lowest BCUT2D eigenvalue weighted by Gasteiger charge is -2.42. The zero-order valence-electron chi connectivity index (χ0n) is 16.1. The Bertz CT molecular complexity index is 677. The van der Waals surface area contributed by atoms with Gasteiger partial charge < -0.3 is 10.2 Å². The van der Waals surface area contributed by atoms with Gasteiger partial charge in [-0.25, -0.2) is 4.98 Å². The summed E-state index contributed by atoms with van der Waals surface area (Å²) in [6, 6.07) is 0.500. The highest BCUT2D eigenvalue weighted by atomic mass is 16.2. The number of aryl methyl sites for hydroxylation is 1. The average molecular weight is 374 g/mol. The molecule has 3 fully saturated rings. The molecule has 3 aliphatic rings.